The second-order valence-electron chi connectivity index (χ2n) is 6.13. The van der Waals surface area contributed by atoms with Crippen molar-refractivity contribution in [1.82, 2.24) is 0 Å². The van der Waals surface area contributed by atoms with Crippen molar-refractivity contribution < 1.29 is 14.6 Å². The van der Waals surface area contributed by atoms with Crippen LogP contribution in [0.5, 0.6) is 0 Å². The first kappa shape index (κ1) is 12.0. The zero-order valence-corrected chi connectivity index (χ0v) is 11.0. The summed E-state index contributed by atoms with van der Waals surface area (Å²) in [5, 5.41) is 10.8. The van der Waals surface area contributed by atoms with E-state index in [4.69, 9.17) is 4.74 Å². The molecule has 18 heavy (non-hydrogen) atoms. The second-order valence-corrected chi connectivity index (χ2v) is 6.13. The summed E-state index contributed by atoms with van der Waals surface area (Å²) in [7, 11) is 0. The highest BCUT2D eigenvalue weighted by Crippen LogP contribution is 2.55. The SMILES string of the molecule is C=C1C(=O)O[C@@H]2CC3=CCC[C@H](C)[C@@]3(C)[C@@H](O)[C@H]12. The fraction of sp³-hybridized carbons (Fsp3) is 0.667. The van der Waals surface area contributed by atoms with Gasteiger partial charge in [-0.05, 0) is 18.8 Å². The smallest absolute Gasteiger partial charge is 0.334 e. The fourth-order valence-corrected chi connectivity index (χ4v) is 3.93. The van der Waals surface area contributed by atoms with Crippen LogP contribution < -0.4 is 0 Å². The lowest BCUT2D eigenvalue weighted by Crippen LogP contribution is -2.52. The Hall–Kier alpha value is -1.09. The highest BCUT2D eigenvalue weighted by molar-refractivity contribution is 5.91. The quantitative estimate of drug-likeness (QED) is 0.406. The summed E-state index contributed by atoms with van der Waals surface area (Å²) in [6.45, 7) is 8.13. The molecule has 0 aromatic carbocycles. The van der Waals surface area contributed by atoms with Gasteiger partial charge in [0.15, 0.2) is 0 Å². The molecule has 3 aliphatic rings. The van der Waals surface area contributed by atoms with Crippen LogP contribution in [0.4, 0.5) is 0 Å². The van der Waals surface area contributed by atoms with Gasteiger partial charge in [-0.25, -0.2) is 4.79 Å². The van der Waals surface area contributed by atoms with Crippen LogP contribution in [-0.4, -0.2) is 23.3 Å². The number of hydrogen-bond donors (Lipinski definition) is 1. The van der Waals surface area contributed by atoms with E-state index < -0.39 is 6.10 Å². The molecule has 1 saturated carbocycles. The molecule has 1 aliphatic heterocycles. The number of rotatable bonds is 0. The van der Waals surface area contributed by atoms with E-state index in [1.807, 2.05) is 0 Å². The van der Waals surface area contributed by atoms with Gasteiger partial charge in [-0.2, -0.15) is 0 Å². The molecule has 0 amide bonds. The number of hydrogen-bond acceptors (Lipinski definition) is 3. The molecule has 0 spiro atoms. The van der Waals surface area contributed by atoms with Crippen molar-refractivity contribution in [2.75, 3.05) is 0 Å². The van der Waals surface area contributed by atoms with Gasteiger partial charge in [-0.1, -0.05) is 32.1 Å². The molecule has 0 aromatic heterocycles. The Bertz CT molecular complexity index is 451. The maximum atomic E-state index is 11.6. The monoisotopic (exact) mass is 248 g/mol. The van der Waals surface area contributed by atoms with E-state index in [2.05, 4.69) is 26.5 Å². The van der Waals surface area contributed by atoms with Crippen molar-refractivity contribution >= 4 is 5.97 Å². The van der Waals surface area contributed by atoms with Crippen LogP contribution in [-0.2, 0) is 9.53 Å². The molecule has 98 valence electrons. The van der Waals surface area contributed by atoms with Crippen molar-refractivity contribution in [2.24, 2.45) is 17.3 Å². The second kappa shape index (κ2) is 3.70. The van der Waals surface area contributed by atoms with E-state index >= 15 is 0 Å². The molecule has 0 radical (unpaired) electrons. The molecule has 2 fully saturated rings. The minimum absolute atomic E-state index is 0.204. The van der Waals surface area contributed by atoms with E-state index in [-0.39, 0.29) is 23.4 Å². The van der Waals surface area contributed by atoms with Gasteiger partial charge in [0.2, 0.25) is 0 Å². The third-order valence-electron chi connectivity index (χ3n) is 5.41. The largest absolute Gasteiger partial charge is 0.458 e. The van der Waals surface area contributed by atoms with Crippen LogP contribution in [0, 0.1) is 17.3 Å². The van der Waals surface area contributed by atoms with E-state index in [1.54, 1.807) is 0 Å². The van der Waals surface area contributed by atoms with E-state index in [0.29, 0.717) is 11.5 Å². The molecule has 3 rings (SSSR count). The lowest BCUT2D eigenvalue weighted by molar-refractivity contribution is -0.141. The predicted octanol–water partition coefficient (Wildman–Crippen LogP) is 2.21. The van der Waals surface area contributed by atoms with E-state index in [1.165, 1.54) is 5.57 Å². The summed E-state index contributed by atoms with van der Waals surface area (Å²) >= 11 is 0. The Labute approximate surface area is 108 Å². The molecular formula is C15H20O3. The van der Waals surface area contributed by atoms with Gasteiger partial charge in [0.1, 0.15) is 6.10 Å². The molecule has 3 nitrogen and oxygen atoms in total. The molecule has 1 N–H and O–H groups in total. The number of allylic oxidation sites excluding steroid dienone is 1. The first-order chi connectivity index (χ1) is 8.46. The van der Waals surface area contributed by atoms with Crippen molar-refractivity contribution in [3.63, 3.8) is 0 Å². The Morgan fingerprint density at radius 3 is 3.00 bits per heavy atom. The molecule has 5 atom stereocenters. The zero-order valence-electron chi connectivity index (χ0n) is 11.0. The third kappa shape index (κ3) is 1.31. The molecule has 0 unspecified atom stereocenters. The molecule has 2 aliphatic carbocycles. The van der Waals surface area contributed by atoms with Crippen LogP contribution in [0.25, 0.3) is 0 Å². The Balaban J connectivity index is 2.04. The van der Waals surface area contributed by atoms with Crippen LogP contribution in [0.2, 0.25) is 0 Å². The molecule has 0 bridgehead atoms. The van der Waals surface area contributed by atoms with Crippen molar-refractivity contribution in [3.05, 3.63) is 23.8 Å². The number of aliphatic hydroxyl groups is 1. The summed E-state index contributed by atoms with van der Waals surface area (Å²) in [6, 6.07) is 0. The van der Waals surface area contributed by atoms with Gasteiger partial charge >= 0.3 is 5.97 Å². The Morgan fingerprint density at radius 2 is 2.28 bits per heavy atom. The molecule has 0 aromatic rings. The lowest BCUT2D eigenvalue weighted by Gasteiger charge is -2.51. The number of fused-ring (bicyclic) bond motifs is 2. The fourth-order valence-electron chi connectivity index (χ4n) is 3.93. The van der Waals surface area contributed by atoms with Gasteiger partial charge < -0.3 is 9.84 Å². The summed E-state index contributed by atoms with van der Waals surface area (Å²) in [5.74, 6) is -0.128. The number of carbonyl (C=O) groups is 1. The third-order valence-corrected chi connectivity index (χ3v) is 5.41. The first-order valence-corrected chi connectivity index (χ1v) is 6.73. The normalized spacial score (nSPS) is 47.2. The number of carbonyl (C=O) groups excluding carboxylic acids is 1. The van der Waals surface area contributed by atoms with E-state index in [9.17, 15) is 9.90 Å². The Kier molecular flexibility index (Phi) is 2.46. The number of aliphatic hydroxyl groups excluding tert-OH is 1. The predicted molar refractivity (Wildman–Crippen MR) is 67.7 cm³/mol. The topological polar surface area (TPSA) is 46.5 Å². The number of ether oxygens (including phenoxy) is 1. The molecule has 3 heteroatoms. The standard InChI is InChI=1S/C15H20O3/c1-8-5-4-6-10-7-11-12(9(2)14(17)18-11)13(16)15(8,10)3/h6,8,11-13,16H,2,4-5,7H2,1,3H3/t8-,11+,12+,13-,15+/m0/s1. The molecule has 1 saturated heterocycles. The van der Waals surface area contributed by atoms with Gasteiger partial charge in [0.25, 0.3) is 0 Å². The average molecular weight is 248 g/mol. The lowest BCUT2D eigenvalue weighted by atomic mass is 9.55. The number of esters is 1. The summed E-state index contributed by atoms with van der Waals surface area (Å²) in [5.41, 5.74) is 1.49. The van der Waals surface area contributed by atoms with Crippen molar-refractivity contribution in [2.45, 2.75) is 45.3 Å². The maximum absolute atomic E-state index is 11.6. The van der Waals surface area contributed by atoms with Gasteiger partial charge in [0.05, 0.1) is 12.0 Å². The first-order valence-electron chi connectivity index (χ1n) is 6.73. The van der Waals surface area contributed by atoms with Crippen LogP contribution in [0.1, 0.15) is 33.1 Å². The summed E-state index contributed by atoms with van der Waals surface area (Å²) in [4.78, 5) is 11.6. The van der Waals surface area contributed by atoms with Crippen LogP contribution >= 0.6 is 0 Å². The zero-order chi connectivity index (χ0) is 13.1. The van der Waals surface area contributed by atoms with Crippen molar-refractivity contribution in [3.8, 4) is 0 Å². The maximum Gasteiger partial charge on any atom is 0.334 e. The van der Waals surface area contributed by atoms with Crippen LogP contribution in [0.15, 0.2) is 23.8 Å². The molecular weight excluding hydrogens is 228 g/mol. The average Bonchev–Trinajstić information content (AvgIpc) is 2.60. The van der Waals surface area contributed by atoms with Crippen molar-refractivity contribution in [1.29, 1.82) is 0 Å². The van der Waals surface area contributed by atoms with Gasteiger partial charge in [0, 0.05) is 17.4 Å². The van der Waals surface area contributed by atoms with Gasteiger partial charge in [-0.3, -0.25) is 0 Å². The minimum atomic E-state index is -0.559. The van der Waals surface area contributed by atoms with Gasteiger partial charge in [-0.15, -0.1) is 0 Å². The summed E-state index contributed by atoms with van der Waals surface area (Å²) in [6.07, 6.45) is 4.38. The molecule has 1 heterocycles. The highest BCUT2D eigenvalue weighted by Gasteiger charge is 2.57. The van der Waals surface area contributed by atoms with Crippen LogP contribution in [0.3, 0.4) is 0 Å². The minimum Gasteiger partial charge on any atom is -0.458 e. The summed E-state index contributed by atoms with van der Waals surface area (Å²) < 4.78 is 5.34. The highest BCUT2D eigenvalue weighted by atomic mass is 16.6. The van der Waals surface area contributed by atoms with E-state index in [0.717, 1.165) is 19.3 Å². The Morgan fingerprint density at radius 1 is 1.56 bits per heavy atom.